The van der Waals surface area contributed by atoms with E-state index in [2.05, 4.69) is 15.6 Å². The lowest BCUT2D eigenvalue weighted by molar-refractivity contribution is 0.393. The number of aromatic nitrogens is 2. The largest absolute Gasteiger partial charge is 0.497 e. The average Bonchev–Trinajstić information content (AvgIpc) is 2.90. The van der Waals surface area contributed by atoms with Gasteiger partial charge in [-0.25, -0.2) is 4.98 Å². The summed E-state index contributed by atoms with van der Waals surface area (Å²) >= 11 is 0. The van der Waals surface area contributed by atoms with Gasteiger partial charge in [0.2, 0.25) is 0 Å². The summed E-state index contributed by atoms with van der Waals surface area (Å²) in [5, 5.41) is 0. The first-order chi connectivity index (χ1) is 9.80. The second kappa shape index (κ2) is 5.25. The van der Waals surface area contributed by atoms with E-state index in [9.17, 15) is 0 Å². The van der Waals surface area contributed by atoms with E-state index in [1.807, 2.05) is 42.7 Å². The van der Waals surface area contributed by atoms with Crippen LogP contribution in [0.5, 0.6) is 11.5 Å². The molecule has 0 spiro atoms. The van der Waals surface area contributed by atoms with Crippen LogP contribution in [0, 0.1) is 0 Å². The highest BCUT2D eigenvalue weighted by molar-refractivity contribution is 5.75. The van der Waals surface area contributed by atoms with Gasteiger partial charge in [-0.1, -0.05) is 12.1 Å². The topological polar surface area (TPSA) is 36.3 Å². The second-order valence-corrected chi connectivity index (χ2v) is 4.58. The Labute approximate surface area is 117 Å². The highest BCUT2D eigenvalue weighted by atomic mass is 16.5. The monoisotopic (exact) mass is 268 g/mol. The Kier molecular flexibility index (Phi) is 3.29. The van der Waals surface area contributed by atoms with Crippen LogP contribution in [0.15, 0.2) is 48.8 Å². The molecule has 0 amide bonds. The standard InChI is InChI=1S/C16H16N2O2/c1-19-13-7-12(8-14(9-13)20-2)10-18-11-17-15-5-3-4-6-16(15)18/h3-9,11H,10H2,1-2H3. The molecule has 0 aliphatic heterocycles. The molecule has 3 aromatic rings. The van der Waals surface area contributed by atoms with Gasteiger partial charge in [-0.05, 0) is 29.8 Å². The predicted molar refractivity (Wildman–Crippen MR) is 78.4 cm³/mol. The number of para-hydroxylation sites is 2. The number of hydrogen-bond acceptors (Lipinski definition) is 3. The molecule has 102 valence electrons. The molecule has 20 heavy (non-hydrogen) atoms. The fraction of sp³-hybridized carbons (Fsp3) is 0.188. The Morgan fingerprint density at radius 3 is 2.40 bits per heavy atom. The molecule has 3 rings (SSSR count). The van der Waals surface area contributed by atoms with Gasteiger partial charge in [0, 0.05) is 12.6 Å². The Bertz CT molecular complexity index is 712. The van der Waals surface area contributed by atoms with Crippen molar-refractivity contribution in [2.75, 3.05) is 14.2 Å². The first-order valence-electron chi connectivity index (χ1n) is 6.42. The van der Waals surface area contributed by atoms with Gasteiger partial charge < -0.3 is 14.0 Å². The van der Waals surface area contributed by atoms with Gasteiger partial charge >= 0.3 is 0 Å². The van der Waals surface area contributed by atoms with Gasteiger partial charge in [0.15, 0.2) is 0 Å². The molecule has 0 aliphatic carbocycles. The predicted octanol–water partition coefficient (Wildman–Crippen LogP) is 3.10. The van der Waals surface area contributed by atoms with E-state index < -0.39 is 0 Å². The Morgan fingerprint density at radius 2 is 1.70 bits per heavy atom. The summed E-state index contributed by atoms with van der Waals surface area (Å²) in [4.78, 5) is 4.40. The molecule has 0 radical (unpaired) electrons. The lowest BCUT2D eigenvalue weighted by Gasteiger charge is -2.09. The smallest absolute Gasteiger partial charge is 0.122 e. The lowest BCUT2D eigenvalue weighted by Crippen LogP contribution is -1.99. The third-order valence-corrected chi connectivity index (χ3v) is 3.29. The number of hydrogen-bond donors (Lipinski definition) is 0. The molecular formula is C16H16N2O2. The Balaban J connectivity index is 1.98. The van der Waals surface area contributed by atoms with Crippen molar-refractivity contribution in [3.63, 3.8) is 0 Å². The van der Waals surface area contributed by atoms with E-state index in [-0.39, 0.29) is 0 Å². The summed E-state index contributed by atoms with van der Waals surface area (Å²) in [5.41, 5.74) is 3.24. The maximum atomic E-state index is 5.30. The molecule has 0 bridgehead atoms. The molecule has 0 aliphatic rings. The molecule has 1 heterocycles. The van der Waals surface area contributed by atoms with Crippen molar-refractivity contribution in [3.8, 4) is 11.5 Å². The summed E-state index contributed by atoms with van der Waals surface area (Å²) in [5.74, 6) is 1.59. The summed E-state index contributed by atoms with van der Waals surface area (Å²) in [6.45, 7) is 0.730. The van der Waals surface area contributed by atoms with Crippen LogP contribution in [-0.4, -0.2) is 23.8 Å². The maximum absolute atomic E-state index is 5.30. The number of benzene rings is 2. The molecule has 4 heteroatoms. The highest BCUT2D eigenvalue weighted by Gasteiger charge is 2.05. The Hall–Kier alpha value is -2.49. The Morgan fingerprint density at radius 1 is 1.00 bits per heavy atom. The lowest BCUT2D eigenvalue weighted by atomic mass is 10.2. The summed E-state index contributed by atoms with van der Waals surface area (Å²) in [7, 11) is 3.32. The molecule has 1 aromatic heterocycles. The van der Waals surface area contributed by atoms with E-state index in [0.717, 1.165) is 34.6 Å². The van der Waals surface area contributed by atoms with Crippen molar-refractivity contribution in [2.24, 2.45) is 0 Å². The molecule has 0 N–H and O–H groups in total. The van der Waals surface area contributed by atoms with Crippen LogP contribution in [0.3, 0.4) is 0 Å². The number of nitrogens with zero attached hydrogens (tertiary/aromatic N) is 2. The minimum atomic E-state index is 0.730. The van der Waals surface area contributed by atoms with Crippen molar-refractivity contribution < 1.29 is 9.47 Å². The van der Waals surface area contributed by atoms with Crippen LogP contribution < -0.4 is 9.47 Å². The summed E-state index contributed by atoms with van der Waals surface area (Å²) in [6, 6.07) is 14.0. The van der Waals surface area contributed by atoms with Crippen LogP contribution in [-0.2, 0) is 6.54 Å². The fourth-order valence-corrected chi connectivity index (χ4v) is 2.29. The van der Waals surface area contributed by atoms with Crippen LogP contribution in [0.4, 0.5) is 0 Å². The first-order valence-corrected chi connectivity index (χ1v) is 6.42. The van der Waals surface area contributed by atoms with Crippen LogP contribution >= 0.6 is 0 Å². The van der Waals surface area contributed by atoms with Crippen molar-refractivity contribution in [2.45, 2.75) is 6.54 Å². The molecule has 0 saturated carbocycles. The van der Waals surface area contributed by atoms with Gasteiger partial charge in [-0.2, -0.15) is 0 Å². The molecule has 0 fully saturated rings. The van der Waals surface area contributed by atoms with Crippen molar-refractivity contribution in [1.82, 2.24) is 9.55 Å². The number of imidazole rings is 1. The quantitative estimate of drug-likeness (QED) is 0.729. The van der Waals surface area contributed by atoms with Crippen molar-refractivity contribution in [3.05, 3.63) is 54.4 Å². The molecular weight excluding hydrogens is 252 g/mol. The molecule has 0 atom stereocenters. The third kappa shape index (κ3) is 2.32. The number of fused-ring (bicyclic) bond motifs is 1. The van der Waals surface area contributed by atoms with E-state index in [1.165, 1.54) is 0 Å². The van der Waals surface area contributed by atoms with Crippen LogP contribution in [0.1, 0.15) is 5.56 Å². The normalized spacial score (nSPS) is 10.7. The molecule has 0 unspecified atom stereocenters. The van der Waals surface area contributed by atoms with E-state index in [1.54, 1.807) is 14.2 Å². The molecule has 4 nitrogen and oxygen atoms in total. The number of methoxy groups -OCH3 is 2. The second-order valence-electron chi connectivity index (χ2n) is 4.58. The van der Waals surface area contributed by atoms with E-state index in [4.69, 9.17) is 9.47 Å². The van der Waals surface area contributed by atoms with E-state index >= 15 is 0 Å². The SMILES string of the molecule is COc1cc(Cn2cnc3ccccc32)cc(OC)c1. The van der Waals surface area contributed by atoms with Gasteiger partial charge in [-0.15, -0.1) is 0 Å². The minimum Gasteiger partial charge on any atom is -0.497 e. The van der Waals surface area contributed by atoms with Gasteiger partial charge in [0.25, 0.3) is 0 Å². The minimum absolute atomic E-state index is 0.730. The van der Waals surface area contributed by atoms with Crippen LogP contribution in [0.25, 0.3) is 11.0 Å². The zero-order valence-corrected chi connectivity index (χ0v) is 11.5. The fourth-order valence-electron chi connectivity index (χ4n) is 2.29. The van der Waals surface area contributed by atoms with Gasteiger partial charge in [0.05, 0.1) is 31.6 Å². The summed E-state index contributed by atoms with van der Waals surface area (Å²) in [6.07, 6.45) is 1.86. The zero-order valence-electron chi connectivity index (χ0n) is 11.5. The van der Waals surface area contributed by atoms with Crippen molar-refractivity contribution in [1.29, 1.82) is 0 Å². The highest BCUT2D eigenvalue weighted by Crippen LogP contribution is 2.24. The molecule has 2 aromatic carbocycles. The number of ether oxygens (including phenoxy) is 2. The van der Waals surface area contributed by atoms with Gasteiger partial charge in [-0.3, -0.25) is 0 Å². The van der Waals surface area contributed by atoms with E-state index in [0.29, 0.717) is 0 Å². The number of rotatable bonds is 4. The maximum Gasteiger partial charge on any atom is 0.122 e. The average molecular weight is 268 g/mol. The zero-order chi connectivity index (χ0) is 13.9. The molecule has 0 saturated heterocycles. The first kappa shape index (κ1) is 12.5. The van der Waals surface area contributed by atoms with Gasteiger partial charge in [0.1, 0.15) is 11.5 Å². The van der Waals surface area contributed by atoms with Crippen LogP contribution in [0.2, 0.25) is 0 Å². The third-order valence-electron chi connectivity index (χ3n) is 3.29. The summed E-state index contributed by atoms with van der Waals surface area (Å²) < 4.78 is 12.7. The van der Waals surface area contributed by atoms with Crippen molar-refractivity contribution >= 4 is 11.0 Å².